The number of piperidine rings is 1. The van der Waals surface area contributed by atoms with E-state index >= 15 is 0 Å². The molecule has 0 spiro atoms. The van der Waals surface area contributed by atoms with E-state index < -0.39 is 45.4 Å². The number of carbonyl (C=O) groups excluding carboxylic acids is 3. The van der Waals surface area contributed by atoms with E-state index in [4.69, 9.17) is 0 Å². The number of sulfone groups is 1. The Labute approximate surface area is 217 Å². The lowest BCUT2D eigenvalue weighted by atomic mass is 9.95. The first kappa shape index (κ1) is 26.2. The average molecular weight is 550 g/mol. The lowest BCUT2D eigenvalue weighted by molar-refractivity contribution is -0.138. The van der Waals surface area contributed by atoms with Crippen LogP contribution in [0.5, 0.6) is 0 Å². The Morgan fingerprint density at radius 1 is 1.03 bits per heavy atom. The second kappa shape index (κ2) is 9.72. The van der Waals surface area contributed by atoms with Crippen LogP contribution in [0, 0.1) is 5.92 Å². The number of amides is 3. The highest BCUT2D eigenvalue weighted by molar-refractivity contribution is 7.91. The first-order valence-corrected chi connectivity index (χ1v) is 14.2. The summed E-state index contributed by atoms with van der Waals surface area (Å²) in [5, 5.41) is 2.62. The number of rotatable bonds is 5. The van der Waals surface area contributed by atoms with Crippen LogP contribution in [-0.2, 0) is 27.4 Å². The Hall–Kier alpha value is -3.41. The molecule has 0 radical (unpaired) electrons. The number of nitrogens with one attached hydrogen (secondary N) is 1. The van der Waals surface area contributed by atoms with Crippen LogP contribution in [0.4, 0.5) is 18.9 Å². The standard InChI is InChI=1S/C26H26F3N3O5S/c27-26(28,29)20-8-2-1-5-16(20)13-30-23(33)17-6-4-11-31(14-17)21-9-3-7-19-22(21)25(35)32(24(19)34)18-10-12-38(36,37)15-18/h1-3,5,7-9,17-18H,4,6,10-15H2,(H,30,33)/t17-,18-/m1/s1. The number of carbonyl (C=O) groups is 3. The fourth-order valence-electron chi connectivity index (χ4n) is 5.55. The van der Waals surface area contributed by atoms with Gasteiger partial charge in [0, 0.05) is 19.6 Å². The maximum atomic E-state index is 13.4. The molecular formula is C26H26F3N3O5S. The summed E-state index contributed by atoms with van der Waals surface area (Å²) in [6, 6.07) is 9.25. The molecule has 38 heavy (non-hydrogen) atoms. The van der Waals surface area contributed by atoms with Crippen molar-refractivity contribution in [3.63, 3.8) is 0 Å². The van der Waals surface area contributed by atoms with E-state index in [9.17, 15) is 36.0 Å². The SMILES string of the molecule is O=C(NCc1ccccc1C(F)(F)F)[C@@H]1CCCN(c2cccc3c2C(=O)N([C@@H]2CCS(=O)(=O)C2)C3=O)C1. The second-order valence-electron chi connectivity index (χ2n) is 9.89. The van der Waals surface area contributed by atoms with Crippen molar-refractivity contribution in [2.24, 2.45) is 5.92 Å². The maximum Gasteiger partial charge on any atom is 0.416 e. The molecule has 2 atom stereocenters. The molecule has 3 aliphatic heterocycles. The summed E-state index contributed by atoms with van der Waals surface area (Å²) < 4.78 is 63.8. The normalized spacial score (nSPS) is 23.0. The topological polar surface area (TPSA) is 104 Å². The molecule has 2 saturated heterocycles. The van der Waals surface area contributed by atoms with E-state index in [1.165, 1.54) is 24.3 Å². The lowest BCUT2D eigenvalue weighted by Gasteiger charge is -2.34. The van der Waals surface area contributed by atoms with Gasteiger partial charge in [-0.25, -0.2) is 8.42 Å². The number of benzene rings is 2. The van der Waals surface area contributed by atoms with Crippen LogP contribution in [-0.4, -0.2) is 61.7 Å². The summed E-state index contributed by atoms with van der Waals surface area (Å²) in [4.78, 5) is 42.3. The van der Waals surface area contributed by atoms with Crippen molar-refractivity contribution < 1.29 is 36.0 Å². The van der Waals surface area contributed by atoms with Gasteiger partial charge in [0.2, 0.25) is 5.91 Å². The molecule has 0 saturated carbocycles. The van der Waals surface area contributed by atoms with Gasteiger partial charge >= 0.3 is 6.18 Å². The molecule has 0 aliphatic carbocycles. The number of anilines is 1. The van der Waals surface area contributed by atoms with E-state index in [1.54, 1.807) is 12.1 Å². The summed E-state index contributed by atoms with van der Waals surface area (Å²) >= 11 is 0. The average Bonchev–Trinajstić information content (AvgIpc) is 3.37. The highest BCUT2D eigenvalue weighted by Gasteiger charge is 2.46. The third kappa shape index (κ3) is 4.89. The molecule has 5 rings (SSSR count). The fourth-order valence-corrected chi connectivity index (χ4v) is 7.25. The minimum Gasteiger partial charge on any atom is -0.370 e. The van der Waals surface area contributed by atoms with E-state index in [2.05, 4.69) is 5.32 Å². The summed E-state index contributed by atoms with van der Waals surface area (Å²) in [6.45, 7) is 0.483. The molecule has 2 fully saturated rings. The van der Waals surface area contributed by atoms with Gasteiger partial charge in [-0.05, 0) is 43.0 Å². The number of hydrogen-bond donors (Lipinski definition) is 1. The summed E-state index contributed by atoms with van der Waals surface area (Å²) in [5.41, 5.74) is 0.0615. The Kier molecular flexibility index (Phi) is 6.70. The second-order valence-corrected chi connectivity index (χ2v) is 12.1. The van der Waals surface area contributed by atoms with Gasteiger partial charge in [-0.1, -0.05) is 24.3 Å². The minimum absolute atomic E-state index is 0.0278. The van der Waals surface area contributed by atoms with Crippen LogP contribution in [0.1, 0.15) is 51.1 Å². The molecule has 3 amide bonds. The van der Waals surface area contributed by atoms with Crippen molar-refractivity contribution in [2.45, 2.75) is 38.0 Å². The molecule has 8 nitrogen and oxygen atoms in total. The van der Waals surface area contributed by atoms with Crippen LogP contribution >= 0.6 is 0 Å². The van der Waals surface area contributed by atoms with E-state index in [-0.39, 0.29) is 53.6 Å². The predicted octanol–water partition coefficient (Wildman–Crippen LogP) is 3.02. The molecule has 1 N–H and O–H groups in total. The first-order chi connectivity index (χ1) is 18.0. The minimum atomic E-state index is -4.53. The first-order valence-electron chi connectivity index (χ1n) is 12.4. The molecule has 202 valence electrons. The third-order valence-electron chi connectivity index (χ3n) is 7.41. The Morgan fingerprint density at radius 3 is 2.50 bits per heavy atom. The van der Waals surface area contributed by atoms with Gasteiger partial charge in [-0.3, -0.25) is 19.3 Å². The molecule has 2 aromatic rings. The molecule has 12 heteroatoms. The maximum absolute atomic E-state index is 13.4. The van der Waals surface area contributed by atoms with Crippen LogP contribution in [0.25, 0.3) is 0 Å². The van der Waals surface area contributed by atoms with Gasteiger partial charge in [0.1, 0.15) is 0 Å². The van der Waals surface area contributed by atoms with Gasteiger partial charge < -0.3 is 10.2 Å². The van der Waals surface area contributed by atoms with Gasteiger partial charge in [0.15, 0.2) is 9.84 Å². The fraction of sp³-hybridized carbons (Fsp3) is 0.423. The number of imide groups is 1. The zero-order valence-electron chi connectivity index (χ0n) is 20.3. The van der Waals surface area contributed by atoms with Gasteiger partial charge in [-0.15, -0.1) is 0 Å². The predicted molar refractivity (Wildman–Crippen MR) is 132 cm³/mol. The highest BCUT2D eigenvalue weighted by Crippen LogP contribution is 2.37. The molecule has 0 unspecified atom stereocenters. The van der Waals surface area contributed by atoms with Crippen LogP contribution in [0.15, 0.2) is 42.5 Å². The summed E-state index contributed by atoms with van der Waals surface area (Å²) in [5.74, 6) is -2.31. The molecule has 2 aromatic carbocycles. The van der Waals surface area contributed by atoms with Crippen molar-refractivity contribution in [1.82, 2.24) is 10.2 Å². The number of alkyl halides is 3. The molecular weight excluding hydrogens is 523 g/mol. The van der Waals surface area contributed by atoms with Crippen LogP contribution in [0.3, 0.4) is 0 Å². The van der Waals surface area contributed by atoms with Crippen molar-refractivity contribution in [1.29, 1.82) is 0 Å². The monoisotopic (exact) mass is 549 g/mol. The van der Waals surface area contributed by atoms with Gasteiger partial charge in [-0.2, -0.15) is 13.2 Å². The van der Waals surface area contributed by atoms with Crippen LogP contribution in [0.2, 0.25) is 0 Å². The van der Waals surface area contributed by atoms with Crippen molar-refractivity contribution in [2.75, 3.05) is 29.5 Å². The summed E-state index contributed by atoms with van der Waals surface area (Å²) in [6.07, 6.45) is -3.20. The zero-order valence-corrected chi connectivity index (χ0v) is 21.1. The smallest absolute Gasteiger partial charge is 0.370 e. The number of hydrogen-bond acceptors (Lipinski definition) is 6. The van der Waals surface area contributed by atoms with Crippen molar-refractivity contribution >= 4 is 33.2 Å². The molecule has 3 aliphatic rings. The Bertz CT molecular complexity index is 1410. The number of fused-ring (bicyclic) bond motifs is 1. The lowest BCUT2D eigenvalue weighted by Crippen LogP contribution is -2.44. The number of nitrogens with zero attached hydrogens (tertiary/aromatic N) is 2. The molecule has 0 aromatic heterocycles. The highest BCUT2D eigenvalue weighted by atomic mass is 32.2. The van der Waals surface area contributed by atoms with E-state index in [1.807, 2.05) is 4.90 Å². The molecule has 0 bridgehead atoms. The Balaban J connectivity index is 1.31. The Morgan fingerprint density at radius 2 is 1.79 bits per heavy atom. The van der Waals surface area contributed by atoms with Crippen LogP contribution < -0.4 is 10.2 Å². The summed E-state index contributed by atoms with van der Waals surface area (Å²) in [7, 11) is -3.31. The largest absolute Gasteiger partial charge is 0.416 e. The van der Waals surface area contributed by atoms with Gasteiger partial charge in [0.05, 0.1) is 45.8 Å². The van der Waals surface area contributed by atoms with E-state index in [0.717, 1.165) is 11.0 Å². The zero-order chi connectivity index (χ0) is 27.2. The number of halogens is 3. The van der Waals surface area contributed by atoms with Crippen molar-refractivity contribution in [3.8, 4) is 0 Å². The van der Waals surface area contributed by atoms with Crippen molar-refractivity contribution in [3.05, 3.63) is 64.7 Å². The third-order valence-corrected chi connectivity index (χ3v) is 9.16. The van der Waals surface area contributed by atoms with E-state index in [0.29, 0.717) is 25.1 Å². The molecule has 3 heterocycles. The quantitative estimate of drug-likeness (QED) is 0.576. The van der Waals surface area contributed by atoms with Gasteiger partial charge in [0.25, 0.3) is 11.8 Å².